The van der Waals surface area contributed by atoms with Crippen LogP contribution in [-0.2, 0) is 11.2 Å². The van der Waals surface area contributed by atoms with Gasteiger partial charge in [0.1, 0.15) is 6.29 Å². The standard InChI is InChI=1S/C11H13N3O/c15-6-5-12-4-3-9-1-2-10-11(7-9)14-8-13-10/h1-2,6-8,12H,3-5H2,(H,13,14). The van der Waals surface area contributed by atoms with E-state index in [0.29, 0.717) is 6.54 Å². The van der Waals surface area contributed by atoms with Gasteiger partial charge in [-0.3, -0.25) is 0 Å². The first-order chi connectivity index (χ1) is 7.40. The van der Waals surface area contributed by atoms with Crippen LogP contribution in [0.15, 0.2) is 24.5 Å². The van der Waals surface area contributed by atoms with Crippen molar-refractivity contribution < 1.29 is 4.79 Å². The molecule has 1 heterocycles. The second-order valence-electron chi connectivity index (χ2n) is 3.37. The number of aromatic amines is 1. The predicted octanol–water partition coefficient (Wildman–Crippen LogP) is 0.894. The number of H-pyrrole nitrogens is 1. The number of hydrogen-bond donors (Lipinski definition) is 2. The van der Waals surface area contributed by atoms with Gasteiger partial charge in [-0.05, 0) is 30.7 Å². The lowest BCUT2D eigenvalue weighted by molar-refractivity contribution is -0.107. The first kappa shape index (κ1) is 9.86. The number of benzene rings is 1. The van der Waals surface area contributed by atoms with Crippen molar-refractivity contribution in [3.63, 3.8) is 0 Å². The minimum Gasteiger partial charge on any atom is -0.345 e. The van der Waals surface area contributed by atoms with E-state index in [4.69, 9.17) is 0 Å². The lowest BCUT2D eigenvalue weighted by atomic mass is 10.1. The largest absolute Gasteiger partial charge is 0.345 e. The van der Waals surface area contributed by atoms with Crippen LogP contribution in [0.1, 0.15) is 5.56 Å². The molecule has 0 saturated heterocycles. The van der Waals surface area contributed by atoms with Gasteiger partial charge >= 0.3 is 0 Å². The Hall–Kier alpha value is -1.68. The fraction of sp³-hybridized carbons (Fsp3) is 0.273. The molecule has 4 nitrogen and oxygen atoms in total. The highest BCUT2D eigenvalue weighted by molar-refractivity contribution is 5.75. The second-order valence-corrected chi connectivity index (χ2v) is 3.37. The predicted molar refractivity (Wildman–Crippen MR) is 58.7 cm³/mol. The normalized spacial score (nSPS) is 10.7. The number of carbonyl (C=O) groups is 1. The topological polar surface area (TPSA) is 57.8 Å². The Labute approximate surface area is 87.7 Å². The van der Waals surface area contributed by atoms with Crippen molar-refractivity contribution in [2.24, 2.45) is 0 Å². The maximum absolute atomic E-state index is 10.1. The van der Waals surface area contributed by atoms with E-state index in [0.717, 1.165) is 30.3 Å². The fourth-order valence-corrected chi connectivity index (χ4v) is 1.53. The molecule has 78 valence electrons. The van der Waals surface area contributed by atoms with Gasteiger partial charge in [-0.25, -0.2) is 4.98 Å². The summed E-state index contributed by atoms with van der Waals surface area (Å²) >= 11 is 0. The molecule has 0 atom stereocenters. The number of carbonyl (C=O) groups excluding carboxylic acids is 1. The lowest BCUT2D eigenvalue weighted by Crippen LogP contribution is -2.19. The summed E-state index contributed by atoms with van der Waals surface area (Å²) in [5.74, 6) is 0. The van der Waals surface area contributed by atoms with E-state index in [2.05, 4.69) is 27.4 Å². The van der Waals surface area contributed by atoms with Gasteiger partial charge in [0.05, 0.1) is 23.9 Å². The van der Waals surface area contributed by atoms with Crippen LogP contribution in [-0.4, -0.2) is 29.3 Å². The number of aromatic nitrogens is 2. The van der Waals surface area contributed by atoms with E-state index in [1.807, 2.05) is 6.07 Å². The van der Waals surface area contributed by atoms with Crippen LogP contribution >= 0.6 is 0 Å². The van der Waals surface area contributed by atoms with Crippen LogP contribution in [0, 0.1) is 0 Å². The minimum absolute atomic E-state index is 0.423. The first-order valence-corrected chi connectivity index (χ1v) is 4.96. The average Bonchev–Trinajstić information content (AvgIpc) is 2.71. The minimum atomic E-state index is 0.423. The van der Waals surface area contributed by atoms with E-state index >= 15 is 0 Å². The van der Waals surface area contributed by atoms with Gasteiger partial charge in [-0.2, -0.15) is 0 Å². The lowest BCUT2D eigenvalue weighted by Gasteiger charge is -2.01. The summed E-state index contributed by atoms with van der Waals surface area (Å²) in [6.45, 7) is 1.24. The summed E-state index contributed by atoms with van der Waals surface area (Å²) in [6, 6.07) is 6.15. The molecule has 0 saturated carbocycles. The molecule has 0 bridgehead atoms. The summed E-state index contributed by atoms with van der Waals surface area (Å²) < 4.78 is 0. The Morgan fingerprint density at radius 2 is 2.40 bits per heavy atom. The smallest absolute Gasteiger partial charge is 0.133 e. The Kier molecular flexibility index (Phi) is 3.09. The molecule has 0 amide bonds. The Balaban J connectivity index is 1.98. The van der Waals surface area contributed by atoms with E-state index in [1.165, 1.54) is 5.56 Å². The SMILES string of the molecule is O=CCNCCc1ccc2nc[nH]c2c1. The Morgan fingerprint density at radius 3 is 3.27 bits per heavy atom. The molecular weight excluding hydrogens is 190 g/mol. The molecule has 2 rings (SSSR count). The maximum atomic E-state index is 10.1. The summed E-state index contributed by atoms with van der Waals surface area (Å²) in [5, 5.41) is 3.03. The zero-order chi connectivity index (χ0) is 10.5. The third-order valence-electron chi connectivity index (χ3n) is 2.30. The molecule has 0 fully saturated rings. The number of fused-ring (bicyclic) bond motifs is 1. The maximum Gasteiger partial charge on any atom is 0.133 e. The molecule has 2 N–H and O–H groups in total. The van der Waals surface area contributed by atoms with Crippen LogP contribution in [0.2, 0.25) is 0 Å². The zero-order valence-electron chi connectivity index (χ0n) is 8.36. The molecule has 1 aromatic carbocycles. The van der Waals surface area contributed by atoms with Crippen molar-refractivity contribution in [2.75, 3.05) is 13.1 Å². The zero-order valence-corrected chi connectivity index (χ0v) is 8.36. The molecule has 15 heavy (non-hydrogen) atoms. The van der Waals surface area contributed by atoms with Gasteiger partial charge in [-0.15, -0.1) is 0 Å². The summed E-state index contributed by atoms with van der Waals surface area (Å²) in [7, 11) is 0. The highest BCUT2D eigenvalue weighted by Crippen LogP contribution is 2.11. The monoisotopic (exact) mass is 203 g/mol. The first-order valence-electron chi connectivity index (χ1n) is 4.96. The molecule has 0 aliphatic carbocycles. The number of imidazole rings is 1. The van der Waals surface area contributed by atoms with Gasteiger partial charge in [0.25, 0.3) is 0 Å². The molecule has 0 unspecified atom stereocenters. The third-order valence-corrected chi connectivity index (χ3v) is 2.30. The van der Waals surface area contributed by atoms with Gasteiger partial charge < -0.3 is 15.1 Å². The van der Waals surface area contributed by atoms with Crippen LogP contribution in [0.25, 0.3) is 11.0 Å². The van der Waals surface area contributed by atoms with Gasteiger partial charge in [0.2, 0.25) is 0 Å². The summed E-state index contributed by atoms with van der Waals surface area (Å²) in [6.07, 6.45) is 3.49. The summed E-state index contributed by atoms with van der Waals surface area (Å²) in [4.78, 5) is 17.3. The number of nitrogens with zero attached hydrogens (tertiary/aromatic N) is 1. The van der Waals surface area contributed by atoms with Crippen LogP contribution in [0.3, 0.4) is 0 Å². The van der Waals surface area contributed by atoms with E-state index < -0.39 is 0 Å². The molecule has 4 heteroatoms. The highest BCUT2D eigenvalue weighted by atomic mass is 16.1. The van der Waals surface area contributed by atoms with E-state index in [9.17, 15) is 4.79 Å². The molecule has 1 aromatic heterocycles. The van der Waals surface area contributed by atoms with Gasteiger partial charge in [0, 0.05) is 0 Å². The number of aldehydes is 1. The van der Waals surface area contributed by atoms with Crippen LogP contribution in [0.5, 0.6) is 0 Å². The van der Waals surface area contributed by atoms with Crippen LogP contribution < -0.4 is 5.32 Å². The highest BCUT2D eigenvalue weighted by Gasteiger charge is 1.97. The summed E-state index contributed by atoms with van der Waals surface area (Å²) in [5.41, 5.74) is 3.28. The van der Waals surface area contributed by atoms with E-state index in [1.54, 1.807) is 6.33 Å². The van der Waals surface area contributed by atoms with Gasteiger partial charge in [0.15, 0.2) is 0 Å². The number of nitrogens with one attached hydrogen (secondary N) is 2. The molecule has 0 aliphatic rings. The number of rotatable bonds is 5. The molecule has 0 aliphatic heterocycles. The van der Waals surface area contributed by atoms with Crippen molar-refractivity contribution >= 4 is 17.3 Å². The number of hydrogen-bond acceptors (Lipinski definition) is 3. The van der Waals surface area contributed by atoms with E-state index in [-0.39, 0.29) is 0 Å². The van der Waals surface area contributed by atoms with Crippen molar-refractivity contribution in [3.8, 4) is 0 Å². The molecule has 2 aromatic rings. The molecule has 0 radical (unpaired) electrons. The third kappa shape index (κ3) is 2.41. The Morgan fingerprint density at radius 1 is 1.47 bits per heavy atom. The van der Waals surface area contributed by atoms with Crippen molar-refractivity contribution in [2.45, 2.75) is 6.42 Å². The fourth-order valence-electron chi connectivity index (χ4n) is 1.53. The average molecular weight is 203 g/mol. The Bertz CT molecular complexity index is 450. The molecular formula is C11H13N3O. The van der Waals surface area contributed by atoms with Crippen molar-refractivity contribution in [1.29, 1.82) is 0 Å². The quantitative estimate of drug-likeness (QED) is 0.560. The second kappa shape index (κ2) is 4.70. The van der Waals surface area contributed by atoms with Crippen molar-refractivity contribution in [1.82, 2.24) is 15.3 Å². The van der Waals surface area contributed by atoms with Crippen molar-refractivity contribution in [3.05, 3.63) is 30.1 Å². The van der Waals surface area contributed by atoms with Gasteiger partial charge in [-0.1, -0.05) is 6.07 Å². The molecule has 0 spiro atoms. The van der Waals surface area contributed by atoms with Crippen LogP contribution in [0.4, 0.5) is 0 Å².